The lowest BCUT2D eigenvalue weighted by Gasteiger charge is -1.99. The predicted octanol–water partition coefficient (Wildman–Crippen LogP) is 3.84. The highest BCUT2D eigenvalue weighted by Gasteiger charge is 2.08. The van der Waals surface area contributed by atoms with Crippen LogP contribution in [0.3, 0.4) is 0 Å². The Kier molecular flexibility index (Phi) is 3.72. The van der Waals surface area contributed by atoms with Crippen LogP contribution in [0.4, 0.5) is 0 Å². The SMILES string of the molecule is CSc1nc2ccc(Cc3cn4ccc(-n5nccn5)cc4n3)cc2s1. The molecule has 0 unspecified atom stereocenters. The Morgan fingerprint density at radius 1 is 1.08 bits per heavy atom. The molecule has 6 nitrogen and oxygen atoms in total. The number of fused-ring (bicyclic) bond motifs is 2. The Balaban J connectivity index is 1.47. The first-order valence-electron chi connectivity index (χ1n) is 8.06. The monoisotopic (exact) mass is 378 g/mol. The van der Waals surface area contributed by atoms with Gasteiger partial charge in [-0.15, -0.1) is 11.3 Å². The molecule has 0 fully saturated rings. The molecule has 0 amide bonds. The van der Waals surface area contributed by atoms with Crippen molar-refractivity contribution in [3.05, 3.63) is 66.4 Å². The Bertz CT molecular complexity index is 1210. The van der Waals surface area contributed by atoms with E-state index in [0.29, 0.717) is 0 Å². The molecule has 4 aromatic heterocycles. The van der Waals surface area contributed by atoms with E-state index in [9.17, 15) is 0 Å². The minimum atomic E-state index is 0.791. The lowest BCUT2D eigenvalue weighted by Crippen LogP contribution is -1.99. The Labute approximate surface area is 157 Å². The van der Waals surface area contributed by atoms with Crippen molar-refractivity contribution in [2.45, 2.75) is 10.8 Å². The van der Waals surface area contributed by atoms with Gasteiger partial charge in [-0.2, -0.15) is 15.0 Å². The first-order chi connectivity index (χ1) is 12.8. The standard InChI is InChI=1S/C18H14N6S2/c1-25-18-22-15-3-2-12(9-16(15)26-18)8-13-11-23-7-4-14(10-17(23)21-13)24-19-5-6-20-24/h2-7,9-11H,8H2,1H3. The number of hydrogen-bond acceptors (Lipinski definition) is 6. The molecule has 0 aliphatic carbocycles. The number of rotatable bonds is 4. The molecule has 4 heterocycles. The van der Waals surface area contributed by atoms with Crippen LogP contribution in [0.25, 0.3) is 21.6 Å². The van der Waals surface area contributed by atoms with Crippen LogP contribution in [0.1, 0.15) is 11.3 Å². The summed E-state index contributed by atoms with van der Waals surface area (Å²) in [7, 11) is 0. The molecule has 0 spiro atoms. The van der Waals surface area contributed by atoms with Gasteiger partial charge in [-0.05, 0) is 30.0 Å². The van der Waals surface area contributed by atoms with Crippen LogP contribution < -0.4 is 0 Å². The van der Waals surface area contributed by atoms with Crippen molar-refractivity contribution < 1.29 is 0 Å². The third-order valence-corrected chi connectivity index (χ3v) is 6.14. The first kappa shape index (κ1) is 15.5. The van der Waals surface area contributed by atoms with Gasteiger partial charge in [-0.1, -0.05) is 17.8 Å². The number of aromatic nitrogens is 6. The van der Waals surface area contributed by atoms with Gasteiger partial charge < -0.3 is 4.40 Å². The zero-order chi connectivity index (χ0) is 17.5. The normalized spacial score (nSPS) is 11.6. The fraction of sp³-hybridized carbons (Fsp3) is 0.111. The average Bonchev–Trinajstić information content (AvgIpc) is 3.39. The van der Waals surface area contributed by atoms with Gasteiger partial charge in [-0.25, -0.2) is 9.97 Å². The molecule has 0 radical (unpaired) electrons. The summed E-state index contributed by atoms with van der Waals surface area (Å²) in [5, 5.41) is 8.34. The highest BCUT2D eigenvalue weighted by atomic mass is 32.2. The largest absolute Gasteiger partial charge is 0.307 e. The molecule has 128 valence electrons. The third kappa shape index (κ3) is 2.77. The maximum Gasteiger partial charge on any atom is 0.150 e. The number of hydrogen-bond donors (Lipinski definition) is 0. The molecule has 5 rings (SSSR count). The Hall–Kier alpha value is -2.71. The van der Waals surface area contributed by atoms with Crippen molar-refractivity contribution in [2.24, 2.45) is 0 Å². The van der Waals surface area contributed by atoms with Crippen LogP contribution in [0.5, 0.6) is 0 Å². The van der Waals surface area contributed by atoms with E-state index in [1.54, 1.807) is 40.3 Å². The van der Waals surface area contributed by atoms with E-state index in [2.05, 4.69) is 45.8 Å². The average molecular weight is 378 g/mol. The van der Waals surface area contributed by atoms with E-state index in [4.69, 9.17) is 4.98 Å². The van der Waals surface area contributed by atoms with Gasteiger partial charge in [0, 0.05) is 24.9 Å². The minimum Gasteiger partial charge on any atom is -0.307 e. The number of pyridine rings is 1. The summed E-state index contributed by atoms with van der Waals surface area (Å²) in [4.78, 5) is 10.9. The quantitative estimate of drug-likeness (QED) is 0.445. The smallest absolute Gasteiger partial charge is 0.150 e. The Morgan fingerprint density at radius 2 is 1.96 bits per heavy atom. The van der Waals surface area contributed by atoms with Crippen LogP contribution in [-0.4, -0.2) is 35.6 Å². The van der Waals surface area contributed by atoms with Gasteiger partial charge in [0.05, 0.1) is 34.0 Å². The van der Waals surface area contributed by atoms with E-state index < -0.39 is 0 Å². The molecule has 5 aromatic rings. The maximum absolute atomic E-state index is 4.76. The Morgan fingerprint density at radius 3 is 2.81 bits per heavy atom. The molecule has 0 N–H and O–H groups in total. The molecule has 0 saturated heterocycles. The highest BCUT2D eigenvalue weighted by molar-refractivity contribution is 8.00. The number of benzene rings is 1. The summed E-state index contributed by atoms with van der Waals surface area (Å²) in [5.41, 5.74) is 5.12. The number of imidazole rings is 1. The molecule has 8 heteroatoms. The summed E-state index contributed by atoms with van der Waals surface area (Å²) in [5.74, 6) is 0. The van der Waals surface area contributed by atoms with Gasteiger partial charge in [-0.3, -0.25) is 0 Å². The molecule has 0 bridgehead atoms. The van der Waals surface area contributed by atoms with Crippen molar-refractivity contribution in [3.63, 3.8) is 0 Å². The molecule has 0 aliphatic heterocycles. The number of nitrogens with zero attached hydrogens (tertiary/aromatic N) is 6. The summed E-state index contributed by atoms with van der Waals surface area (Å²) in [6.07, 6.45) is 10.2. The summed E-state index contributed by atoms with van der Waals surface area (Å²) in [6.45, 7) is 0. The minimum absolute atomic E-state index is 0.791. The van der Waals surface area contributed by atoms with Crippen molar-refractivity contribution in [1.29, 1.82) is 0 Å². The molecule has 1 aromatic carbocycles. The van der Waals surface area contributed by atoms with Gasteiger partial charge in [0.25, 0.3) is 0 Å². The van der Waals surface area contributed by atoms with Gasteiger partial charge >= 0.3 is 0 Å². The molecule has 0 atom stereocenters. The van der Waals surface area contributed by atoms with E-state index in [1.807, 2.05) is 22.7 Å². The van der Waals surface area contributed by atoms with Crippen molar-refractivity contribution in [1.82, 2.24) is 29.4 Å². The topological polar surface area (TPSA) is 60.9 Å². The lowest BCUT2D eigenvalue weighted by atomic mass is 10.1. The first-order valence-corrected chi connectivity index (χ1v) is 10.1. The van der Waals surface area contributed by atoms with Crippen LogP contribution >= 0.6 is 23.1 Å². The summed E-state index contributed by atoms with van der Waals surface area (Å²) >= 11 is 3.42. The number of thioether (sulfide) groups is 1. The highest BCUT2D eigenvalue weighted by Crippen LogP contribution is 2.29. The van der Waals surface area contributed by atoms with Gasteiger partial charge in [0.15, 0.2) is 4.34 Å². The second kappa shape index (κ2) is 6.22. The molecule has 0 aliphatic rings. The van der Waals surface area contributed by atoms with E-state index >= 15 is 0 Å². The van der Waals surface area contributed by atoms with E-state index in [-0.39, 0.29) is 0 Å². The van der Waals surface area contributed by atoms with Gasteiger partial charge in [0.1, 0.15) is 5.65 Å². The van der Waals surface area contributed by atoms with Crippen LogP contribution in [0.15, 0.2) is 59.5 Å². The molecular formula is C18H14N6S2. The van der Waals surface area contributed by atoms with E-state index in [1.165, 1.54) is 10.3 Å². The second-order valence-corrected chi connectivity index (χ2v) is 7.95. The third-order valence-electron chi connectivity index (χ3n) is 4.14. The molecular weight excluding hydrogens is 364 g/mol. The zero-order valence-corrected chi connectivity index (χ0v) is 15.5. The fourth-order valence-corrected chi connectivity index (χ4v) is 4.49. The lowest BCUT2D eigenvalue weighted by molar-refractivity contribution is 0.751. The summed E-state index contributed by atoms with van der Waals surface area (Å²) < 4.78 is 4.35. The van der Waals surface area contributed by atoms with Crippen molar-refractivity contribution >= 4 is 39.0 Å². The van der Waals surface area contributed by atoms with Gasteiger partial charge in [0.2, 0.25) is 0 Å². The maximum atomic E-state index is 4.76. The number of thiazole rings is 1. The van der Waals surface area contributed by atoms with Crippen LogP contribution in [0, 0.1) is 0 Å². The van der Waals surface area contributed by atoms with Crippen LogP contribution in [-0.2, 0) is 6.42 Å². The predicted molar refractivity (Wildman–Crippen MR) is 104 cm³/mol. The summed E-state index contributed by atoms with van der Waals surface area (Å²) in [6, 6.07) is 10.4. The molecule has 26 heavy (non-hydrogen) atoms. The fourth-order valence-electron chi connectivity index (χ4n) is 2.94. The van der Waals surface area contributed by atoms with E-state index in [0.717, 1.165) is 33.3 Å². The van der Waals surface area contributed by atoms with Crippen molar-refractivity contribution in [2.75, 3.05) is 6.26 Å². The van der Waals surface area contributed by atoms with Crippen LogP contribution in [0.2, 0.25) is 0 Å². The molecule has 0 saturated carbocycles. The second-order valence-electron chi connectivity index (χ2n) is 5.86. The van der Waals surface area contributed by atoms with Crippen molar-refractivity contribution in [3.8, 4) is 5.69 Å². The zero-order valence-electron chi connectivity index (χ0n) is 13.9.